The molecule has 0 N–H and O–H groups in total. The molecule has 0 spiro atoms. The fourth-order valence-electron chi connectivity index (χ4n) is 1.58. The summed E-state index contributed by atoms with van der Waals surface area (Å²) in [6.45, 7) is 1.50. The molecule has 0 saturated carbocycles. The van der Waals surface area contributed by atoms with Gasteiger partial charge in [0.1, 0.15) is 6.33 Å². The maximum absolute atomic E-state index is 10.6. The normalized spacial score (nSPS) is 18.8. The number of carbonyl (C=O) groups is 1. The molecule has 0 amide bonds. The van der Waals surface area contributed by atoms with E-state index < -0.39 is 0 Å². The Morgan fingerprint density at radius 2 is 2.31 bits per heavy atom. The number of rotatable bonds is 2. The molecule has 1 aliphatic heterocycles. The molecule has 0 unspecified atom stereocenters. The minimum absolute atomic E-state index is 0.323. The molecule has 0 aromatic carbocycles. The number of ether oxygens (including phenoxy) is 1. The average Bonchev–Trinajstić information content (AvgIpc) is 2.67. The van der Waals surface area contributed by atoms with E-state index in [0.717, 1.165) is 32.3 Å². The maximum atomic E-state index is 10.6. The Kier molecular flexibility index (Phi) is 2.35. The molecule has 2 rings (SSSR count). The van der Waals surface area contributed by atoms with E-state index in [2.05, 4.69) is 10.2 Å². The van der Waals surface area contributed by atoms with Crippen molar-refractivity contribution in [3.63, 3.8) is 0 Å². The Morgan fingerprint density at radius 3 is 3.00 bits per heavy atom. The highest BCUT2D eigenvalue weighted by Crippen LogP contribution is 2.20. The number of aromatic nitrogens is 3. The van der Waals surface area contributed by atoms with Crippen molar-refractivity contribution < 1.29 is 9.53 Å². The predicted molar refractivity (Wildman–Crippen MR) is 44.5 cm³/mol. The summed E-state index contributed by atoms with van der Waals surface area (Å²) in [6.07, 6.45) is 4.21. The third-order valence-electron chi connectivity index (χ3n) is 2.29. The van der Waals surface area contributed by atoms with Crippen molar-refractivity contribution in [1.82, 2.24) is 14.8 Å². The van der Waals surface area contributed by atoms with Crippen LogP contribution in [0.15, 0.2) is 6.33 Å². The van der Waals surface area contributed by atoms with E-state index >= 15 is 0 Å². The van der Waals surface area contributed by atoms with Crippen LogP contribution in [0, 0.1) is 0 Å². The van der Waals surface area contributed by atoms with E-state index in [4.69, 9.17) is 4.74 Å². The average molecular weight is 181 g/mol. The summed E-state index contributed by atoms with van der Waals surface area (Å²) in [4.78, 5) is 10.6. The minimum atomic E-state index is 0.323. The second kappa shape index (κ2) is 3.66. The van der Waals surface area contributed by atoms with E-state index in [-0.39, 0.29) is 0 Å². The van der Waals surface area contributed by atoms with Crippen LogP contribution in [-0.2, 0) is 4.74 Å². The summed E-state index contributed by atoms with van der Waals surface area (Å²) in [7, 11) is 0. The lowest BCUT2D eigenvalue weighted by atomic mass is 10.1. The number of nitrogens with zero attached hydrogens (tertiary/aromatic N) is 3. The molecule has 1 aliphatic rings. The third kappa shape index (κ3) is 1.60. The second-order valence-electron chi connectivity index (χ2n) is 3.06. The van der Waals surface area contributed by atoms with Gasteiger partial charge in [-0.2, -0.15) is 0 Å². The molecular formula is C8H11N3O2. The summed E-state index contributed by atoms with van der Waals surface area (Å²) < 4.78 is 7.06. The topological polar surface area (TPSA) is 57.0 Å². The highest BCUT2D eigenvalue weighted by Gasteiger charge is 2.18. The van der Waals surface area contributed by atoms with Crippen LogP contribution in [0.3, 0.4) is 0 Å². The lowest BCUT2D eigenvalue weighted by molar-refractivity contribution is 0.0684. The first-order valence-electron chi connectivity index (χ1n) is 4.34. The van der Waals surface area contributed by atoms with Crippen LogP contribution in [0.1, 0.15) is 29.5 Å². The number of carbonyl (C=O) groups excluding carboxylic acids is 1. The first-order chi connectivity index (χ1) is 6.42. The zero-order valence-electron chi connectivity index (χ0n) is 7.22. The van der Waals surface area contributed by atoms with Gasteiger partial charge in [0.25, 0.3) is 0 Å². The summed E-state index contributed by atoms with van der Waals surface area (Å²) in [5.74, 6) is 0.409. The SMILES string of the molecule is O=Cc1nncn1C1CCOCC1. The minimum Gasteiger partial charge on any atom is -0.381 e. The lowest BCUT2D eigenvalue weighted by Crippen LogP contribution is -2.20. The van der Waals surface area contributed by atoms with Crippen molar-refractivity contribution in [2.75, 3.05) is 13.2 Å². The molecule has 70 valence electrons. The molecular weight excluding hydrogens is 170 g/mol. The third-order valence-corrected chi connectivity index (χ3v) is 2.29. The van der Waals surface area contributed by atoms with Gasteiger partial charge in [-0.05, 0) is 12.8 Å². The van der Waals surface area contributed by atoms with Gasteiger partial charge in [0.2, 0.25) is 0 Å². The van der Waals surface area contributed by atoms with Crippen LogP contribution < -0.4 is 0 Å². The highest BCUT2D eigenvalue weighted by atomic mass is 16.5. The largest absolute Gasteiger partial charge is 0.381 e. The van der Waals surface area contributed by atoms with Crippen molar-refractivity contribution in [3.05, 3.63) is 12.2 Å². The smallest absolute Gasteiger partial charge is 0.196 e. The Morgan fingerprint density at radius 1 is 1.54 bits per heavy atom. The molecule has 0 aliphatic carbocycles. The van der Waals surface area contributed by atoms with Gasteiger partial charge in [0, 0.05) is 19.3 Å². The van der Waals surface area contributed by atoms with Gasteiger partial charge in [0.15, 0.2) is 12.1 Å². The van der Waals surface area contributed by atoms with Crippen molar-refractivity contribution in [1.29, 1.82) is 0 Å². The van der Waals surface area contributed by atoms with Crippen LogP contribution in [0.5, 0.6) is 0 Å². The van der Waals surface area contributed by atoms with Crippen LogP contribution in [0.4, 0.5) is 0 Å². The van der Waals surface area contributed by atoms with Gasteiger partial charge in [-0.1, -0.05) is 0 Å². The molecule has 1 aromatic rings. The molecule has 13 heavy (non-hydrogen) atoms. The second-order valence-corrected chi connectivity index (χ2v) is 3.06. The zero-order valence-corrected chi connectivity index (χ0v) is 7.22. The lowest BCUT2D eigenvalue weighted by Gasteiger charge is -2.23. The molecule has 2 heterocycles. The fraction of sp³-hybridized carbons (Fsp3) is 0.625. The Hall–Kier alpha value is -1.23. The Bertz CT molecular complexity index is 291. The van der Waals surface area contributed by atoms with E-state index in [1.165, 1.54) is 0 Å². The molecule has 5 heteroatoms. The predicted octanol–water partition coefficient (Wildman–Crippen LogP) is 0.442. The summed E-state index contributed by atoms with van der Waals surface area (Å²) >= 11 is 0. The summed E-state index contributed by atoms with van der Waals surface area (Å²) in [5.41, 5.74) is 0. The monoisotopic (exact) mass is 181 g/mol. The Balaban J connectivity index is 2.17. The van der Waals surface area contributed by atoms with Gasteiger partial charge >= 0.3 is 0 Å². The quantitative estimate of drug-likeness (QED) is 0.621. The molecule has 1 aromatic heterocycles. The van der Waals surface area contributed by atoms with Gasteiger partial charge in [-0.25, -0.2) is 0 Å². The van der Waals surface area contributed by atoms with Crippen LogP contribution in [0.25, 0.3) is 0 Å². The number of aldehydes is 1. The molecule has 1 fully saturated rings. The van der Waals surface area contributed by atoms with Crippen LogP contribution in [0.2, 0.25) is 0 Å². The van der Waals surface area contributed by atoms with Crippen molar-refractivity contribution >= 4 is 6.29 Å². The molecule has 5 nitrogen and oxygen atoms in total. The number of hydrogen-bond acceptors (Lipinski definition) is 4. The Labute approximate surface area is 75.7 Å². The van der Waals surface area contributed by atoms with Gasteiger partial charge in [-0.3, -0.25) is 4.79 Å². The molecule has 0 atom stereocenters. The standard InChI is InChI=1S/C8H11N3O2/c12-5-8-10-9-6-11(8)7-1-3-13-4-2-7/h5-7H,1-4H2. The van der Waals surface area contributed by atoms with E-state index in [0.29, 0.717) is 11.9 Å². The molecule has 0 bridgehead atoms. The summed E-state index contributed by atoms with van der Waals surface area (Å²) in [5, 5.41) is 7.42. The summed E-state index contributed by atoms with van der Waals surface area (Å²) in [6, 6.07) is 0.323. The van der Waals surface area contributed by atoms with Gasteiger partial charge < -0.3 is 9.30 Å². The highest BCUT2D eigenvalue weighted by molar-refractivity contribution is 5.68. The van der Waals surface area contributed by atoms with E-state index in [1.807, 2.05) is 4.57 Å². The fourth-order valence-corrected chi connectivity index (χ4v) is 1.58. The van der Waals surface area contributed by atoms with Crippen LogP contribution in [-0.4, -0.2) is 34.3 Å². The molecule has 0 radical (unpaired) electrons. The maximum Gasteiger partial charge on any atom is 0.196 e. The first kappa shape index (κ1) is 8.37. The van der Waals surface area contributed by atoms with Crippen molar-refractivity contribution in [2.24, 2.45) is 0 Å². The van der Waals surface area contributed by atoms with Crippen molar-refractivity contribution in [2.45, 2.75) is 18.9 Å². The van der Waals surface area contributed by atoms with Gasteiger partial charge in [-0.15, -0.1) is 10.2 Å². The molecule has 1 saturated heterocycles. The number of hydrogen-bond donors (Lipinski definition) is 0. The zero-order chi connectivity index (χ0) is 9.10. The van der Waals surface area contributed by atoms with Crippen molar-refractivity contribution in [3.8, 4) is 0 Å². The van der Waals surface area contributed by atoms with Crippen LogP contribution >= 0.6 is 0 Å². The van der Waals surface area contributed by atoms with Gasteiger partial charge in [0.05, 0.1) is 0 Å². The van der Waals surface area contributed by atoms with E-state index in [9.17, 15) is 4.79 Å². The van der Waals surface area contributed by atoms with E-state index in [1.54, 1.807) is 6.33 Å². The first-order valence-corrected chi connectivity index (χ1v) is 4.34.